The fourth-order valence-electron chi connectivity index (χ4n) is 3.70. The summed E-state index contributed by atoms with van der Waals surface area (Å²) in [5.74, 6) is -0.220. The van der Waals surface area contributed by atoms with Crippen LogP contribution in [0.2, 0.25) is 0 Å². The first-order valence-electron chi connectivity index (χ1n) is 9.05. The highest BCUT2D eigenvalue weighted by Gasteiger charge is 2.26. The van der Waals surface area contributed by atoms with Crippen LogP contribution in [0.25, 0.3) is 0 Å². The van der Waals surface area contributed by atoms with E-state index in [4.69, 9.17) is 0 Å². The van der Waals surface area contributed by atoms with Gasteiger partial charge in [-0.05, 0) is 37.3 Å². The van der Waals surface area contributed by atoms with E-state index >= 15 is 0 Å². The minimum absolute atomic E-state index is 0.212. The Bertz CT molecular complexity index is 596. The number of urea groups is 1. The van der Waals surface area contributed by atoms with Crippen molar-refractivity contribution in [1.29, 1.82) is 0 Å². The number of hydrogen-bond donors (Lipinski definition) is 2. The molecule has 1 aromatic rings. The van der Waals surface area contributed by atoms with E-state index < -0.39 is 0 Å². The van der Waals surface area contributed by atoms with Crippen LogP contribution >= 0.6 is 0 Å². The first-order valence-corrected chi connectivity index (χ1v) is 9.05. The van der Waals surface area contributed by atoms with Gasteiger partial charge in [0.2, 0.25) is 5.91 Å². The van der Waals surface area contributed by atoms with Crippen LogP contribution in [0.3, 0.4) is 0 Å². The molecule has 5 nitrogen and oxygen atoms in total. The molecule has 1 saturated carbocycles. The van der Waals surface area contributed by atoms with Crippen molar-refractivity contribution >= 4 is 11.9 Å². The highest BCUT2D eigenvalue weighted by atomic mass is 16.2. The maximum Gasteiger partial charge on any atom is 0.321 e. The Balaban J connectivity index is 1.50. The van der Waals surface area contributed by atoms with Crippen LogP contribution in [-0.2, 0) is 17.8 Å². The Morgan fingerprint density at radius 2 is 1.83 bits per heavy atom. The highest BCUT2D eigenvalue weighted by Crippen LogP contribution is 2.20. The fraction of sp³-hybridized carbons (Fsp3) is 0.579. The van der Waals surface area contributed by atoms with Crippen LogP contribution in [0.5, 0.6) is 0 Å². The molecule has 130 valence electrons. The highest BCUT2D eigenvalue weighted by molar-refractivity contribution is 5.96. The van der Waals surface area contributed by atoms with Crippen LogP contribution in [0.1, 0.15) is 50.2 Å². The van der Waals surface area contributed by atoms with Crippen LogP contribution < -0.4 is 10.6 Å². The summed E-state index contributed by atoms with van der Waals surface area (Å²) in [6.07, 6.45) is 6.53. The van der Waals surface area contributed by atoms with E-state index in [1.807, 2.05) is 13.0 Å². The maximum atomic E-state index is 12.4. The molecule has 0 saturated heterocycles. The topological polar surface area (TPSA) is 61.4 Å². The van der Waals surface area contributed by atoms with Gasteiger partial charge in [-0.1, -0.05) is 43.5 Å². The summed E-state index contributed by atoms with van der Waals surface area (Å²) in [5, 5.41) is 5.45. The van der Waals surface area contributed by atoms with E-state index in [9.17, 15) is 9.59 Å². The third-order valence-corrected chi connectivity index (χ3v) is 5.26. The summed E-state index contributed by atoms with van der Waals surface area (Å²) < 4.78 is 0. The fourth-order valence-corrected chi connectivity index (χ4v) is 3.70. The first-order chi connectivity index (χ1) is 11.6. The van der Waals surface area contributed by atoms with E-state index in [0.29, 0.717) is 0 Å². The number of amides is 3. The smallest absolute Gasteiger partial charge is 0.321 e. The second-order valence-corrected chi connectivity index (χ2v) is 6.96. The van der Waals surface area contributed by atoms with Crippen molar-refractivity contribution in [1.82, 2.24) is 15.5 Å². The molecule has 3 rings (SSSR count). The quantitative estimate of drug-likeness (QED) is 0.896. The summed E-state index contributed by atoms with van der Waals surface area (Å²) in [6.45, 7) is 3.47. The molecule has 0 spiro atoms. The molecule has 1 aliphatic heterocycles. The van der Waals surface area contributed by atoms with E-state index in [2.05, 4.69) is 33.7 Å². The monoisotopic (exact) mass is 329 g/mol. The van der Waals surface area contributed by atoms with E-state index in [0.717, 1.165) is 45.2 Å². The van der Waals surface area contributed by atoms with Gasteiger partial charge in [0.1, 0.15) is 0 Å². The predicted molar refractivity (Wildman–Crippen MR) is 93.6 cm³/mol. The Hall–Kier alpha value is -1.88. The molecule has 0 radical (unpaired) electrons. The molecular weight excluding hydrogens is 302 g/mol. The molecule has 1 atom stereocenters. The lowest BCUT2D eigenvalue weighted by Crippen LogP contribution is -2.52. The Kier molecular flexibility index (Phi) is 5.51. The third kappa shape index (κ3) is 4.15. The number of rotatable bonds is 3. The van der Waals surface area contributed by atoms with Crippen LogP contribution in [0.15, 0.2) is 24.3 Å². The second kappa shape index (κ2) is 7.79. The van der Waals surface area contributed by atoms with Crippen molar-refractivity contribution in [3.63, 3.8) is 0 Å². The molecule has 1 fully saturated rings. The molecule has 24 heavy (non-hydrogen) atoms. The van der Waals surface area contributed by atoms with Crippen LogP contribution in [-0.4, -0.2) is 35.5 Å². The predicted octanol–water partition coefficient (Wildman–Crippen LogP) is 2.59. The molecule has 1 aromatic carbocycles. The minimum atomic E-state index is -0.351. The third-order valence-electron chi connectivity index (χ3n) is 5.26. The SMILES string of the molecule is CC(C(=O)NC(=O)NC1CCCCC1)N1CCc2ccccc2C1. The van der Waals surface area contributed by atoms with Crippen molar-refractivity contribution in [3.05, 3.63) is 35.4 Å². The molecule has 2 N–H and O–H groups in total. The zero-order valence-corrected chi connectivity index (χ0v) is 14.4. The van der Waals surface area contributed by atoms with Gasteiger partial charge in [-0.2, -0.15) is 0 Å². The molecule has 2 aliphatic rings. The Labute approximate surface area is 143 Å². The van der Waals surface area contributed by atoms with Gasteiger partial charge in [-0.25, -0.2) is 4.79 Å². The summed E-state index contributed by atoms with van der Waals surface area (Å²) in [4.78, 5) is 26.6. The van der Waals surface area contributed by atoms with Crippen LogP contribution in [0, 0.1) is 0 Å². The number of nitrogens with zero attached hydrogens (tertiary/aromatic N) is 1. The Morgan fingerprint density at radius 3 is 2.58 bits per heavy atom. The molecule has 1 heterocycles. The molecule has 1 aliphatic carbocycles. The van der Waals surface area contributed by atoms with Gasteiger partial charge in [-0.3, -0.25) is 15.0 Å². The average molecular weight is 329 g/mol. The van der Waals surface area contributed by atoms with Crippen molar-refractivity contribution in [2.45, 2.75) is 64.1 Å². The van der Waals surface area contributed by atoms with Gasteiger partial charge in [0.05, 0.1) is 6.04 Å². The maximum absolute atomic E-state index is 12.4. The average Bonchev–Trinajstić information content (AvgIpc) is 2.61. The van der Waals surface area contributed by atoms with E-state index in [1.54, 1.807) is 0 Å². The van der Waals surface area contributed by atoms with E-state index in [1.165, 1.54) is 17.5 Å². The molecular formula is C19H27N3O2. The van der Waals surface area contributed by atoms with Crippen molar-refractivity contribution in [3.8, 4) is 0 Å². The van der Waals surface area contributed by atoms with E-state index in [-0.39, 0.29) is 24.0 Å². The molecule has 5 heteroatoms. The lowest BCUT2D eigenvalue weighted by molar-refractivity contribution is -0.125. The van der Waals surface area contributed by atoms with Gasteiger partial charge in [-0.15, -0.1) is 0 Å². The molecule has 1 unspecified atom stereocenters. The molecule has 0 bridgehead atoms. The van der Waals surface area contributed by atoms with Gasteiger partial charge < -0.3 is 5.32 Å². The van der Waals surface area contributed by atoms with Gasteiger partial charge in [0.25, 0.3) is 0 Å². The van der Waals surface area contributed by atoms with Crippen molar-refractivity contribution in [2.75, 3.05) is 6.54 Å². The number of hydrogen-bond acceptors (Lipinski definition) is 3. The van der Waals surface area contributed by atoms with Gasteiger partial charge >= 0.3 is 6.03 Å². The standard InChI is InChI=1S/C19H27N3O2/c1-14(22-12-11-15-7-5-6-8-16(15)13-22)18(23)21-19(24)20-17-9-3-2-4-10-17/h5-8,14,17H,2-4,9-13H2,1H3,(H2,20,21,23,24). The van der Waals surface area contributed by atoms with Gasteiger partial charge in [0, 0.05) is 19.1 Å². The summed E-state index contributed by atoms with van der Waals surface area (Å²) in [7, 11) is 0. The number of carbonyl (C=O) groups excluding carboxylic acids is 2. The Morgan fingerprint density at radius 1 is 1.12 bits per heavy atom. The number of fused-ring (bicyclic) bond motifs is 1. The zero-order chi connectivity index (χ0) is 16.9. The second-order valence-electron chi connectivity index (χ2n) is 6.96. The number of benzene rings is 1. The molecule has 3 amide bonds. The van der Waals surface area contributed by atoms with Crippen molar-refractivity contribution in [2.24, 2.45) is 0 Å². The first kappa shape index (κ1) is 17.0. The number of nitrogens with one attached hydrogen (secondary N) is 2. The largest absolute Gasteiger partial charge is 0.335 e. The lowest BCUT2D eigenvalue weighted by atomic mass is 9.96. The zero-order valence-electron chi connectivity index (χ0n) is 14.4. The minimum Gasteiger partial charge on any atom is -0.335 e. The number of carbonyl (C=O) groups is 2. The summed E-state index contributed by atoms with van der Waals surface area (Å²) >= 11 is 0. The number of imide groups is 1. The van der Waals surface area contributed by atoms with Crippen molar-refractivity contribution < 1.29 is 9.59 Å². The molecule has 0 aromatic heterocycles. The van der Waals surface area contributed by atoms with Crippen LogP contribution in [0.4, 0.5) is 4.79 Å². The normalized spacial score (nSPS) is 20.0. The summed E-state index contributed by atoms with van der Waals surface area (Å²) in [5.41, 5.74) is 2.63. The summed E-state index contributed by atoms with van der Waals surface area (Å²) in [6, 6.07) is 7.90. The van der Waals surface area contributed by atoms with Gasteiger partial charge in [0.15, 0.2) is 0 Å². The lowest BCUT2D eigenvalue weighted by Gasteiger charge is -2.32.